The van der Waals surface area contributed by atoms with E-state index in [0.29, 0.717) is 28.9 Å². The number of anilines is 3. The molecule has 0 radical (unpaired) electrons. The number of imidazole rings is 1. The van der Waals surface area contributed by atoms with Gasteiger partial charge in [0, 0.05) is 45.0 Å². The van der Waals surface area contributed by atoms with Gasteiger partial charge in [0.25, 0.3) is 0 Å². The molecule has 3 aromatic heterocycles. The Morgan fingerprint density at radius 3 is 2.41 bits per heavy atom. The van der Waals surface area contributed by atoms with Crippen molar-refractivity contribution < 1.29 is 13.2 Å². The largest absolute Gasteiger partial charge is 0.416 e. The van der Waals surface area contributed by atoms with Crippen LogP contribution in [0.4, 0.5) is 30.8 Å². The minimum Gasteiger partial charge on any atom is -0.364 e. The van der Waals surface area contributed by atoms with E-state index in [9.17, 15) is 13.2 Å². The minimum absolute atomic E-state index is 0.194. The topological polar surface area (TPSA) is 75.0 Å². The van der Waals surface area contributed by atoms with Crippen LogP contribution in [0.2, 0.25) is 0 Å². The van der Waals surface area contributed by atoms with E-state index in [1.165, 1.54) is 31.4 Å². The Morgan fingerprint density at radius 2 is 1.67 bits per heavy atom. The van der Waals surface area contributed by atoms with Gasteiger partial charge >= 0.3 is 6.18 Å². The molecule has 0 atom stereocenters. The molecule has 1 aromatic carbocycles. The first-order valence-corrected chi connectivity index (χ1v) is 13.5. The normalized spacial score (nSPS) is 17.1. The zero-order valence-electron chi connectivity index (χ0n) is 21.6. The van der Waals surface area contributed by atoms with Crippen molar-refractivity contribution in [3.05, 3.63) is 66.1 Å². The Kier molecular flexibility index (Phi) is 6.97. The van der Waals surface area contributed by atoms with E-state index in [0.717, 1.165) is 56.6 Å². The minimum atomic E-state index is -4.39. The van der Waals surface area contributed by atoms with Gasteiger partial charge in [-0.25, -0.2) is 9.97 Å². The standard InChI is InChI=1S/C28H31F3N8/c29-28(30,31)21-8-6-7-20(17-21)18-33-25-24-26(39(19-34-24)22-9-2-1-3-10-22)36-27(35-25)38-15-13-37(14-16-38)23-11-4-5-12-32-23/h4-8,11-12,17,19,22H,1-3,9-10,13-16,18H2,(H,33,35,36). The van der Waals surface area contributed by atoms with Gasteiger partial charge in [0.05, 0.1) is 11.9 Å². The van der Waals surface area contributed by atoms with Crippen molar-refractivity contribution in [1.29, 1.82) is 0 Å². The Morgan fingerprint density at radius 1 is 0.872 bits per heavy atom. The lowest BCUT2D eigenvalue weighted by atomic mass is 9.95. The molecule has 0 amide bonds. The van der Waals surface area contributed by atoms with Gasteiger partial charge in [0.15, 0.2) is 17.0 Å². The number of hydrogen-bond donors (Lipinski definition) is 1. The summed E-state index contributed by atoms with van der Waals surface area (Å²) in [6.07, 6.45) is 5.02. The zero-order chi connectivity index (χ0) is 26.8. The van der Waals surface area contributed by atoms with Crippen molar-refractivity contribution in [3.8, 4) is 0 Å². The van der Waals surface area contributed by atoms with Gasteiger partial charge < -0.3 is 19.7 Å². The second-order valence-electron chi connectivity index (χ2n) is 10.2. The number of pyridine rings is 1. The van der Waals surface area contributed by atoms with Gasteiger partial charge in [-0.1, -0.05) is 37.5 Å². The van der Waals surface area contributed by atoms with Crippen LogP contribution in [0.25, 0.3) is 11.2 Å². The molecule has 1 aliphatic carbocycles. The SMILES string of the molecule is FC(F)(F)c1cccc(CNc2nc(N3CCN(c4ccccn4)CC3)nc3c2ncn3C2CCCCC2)c1. The molecule has 0 bridgehead atoms. The zero-order valence-corrected chi connectivity index (χ0v) is 21.6. The van der Waals surface area contributed by atoms with Crippen LogP contribution in [-0.2, 0) is 12.7 Å². The summed E-state index contributed by atoms with van der Waals surface area (Å²) in [5.74, 6) is 2.09. The molecule has 1 N–H and O–H groups in total. The highest BCUT2D eigenvalue weighted by Crippen LogP contribution is 2.33. The Balaban J connectivity index is 1.29. The van der Waals surface area contributed by atoms with E-state index in [2.05, 4.69) is 29.7 Å². The fraction of sp³-hybridized carbons (Fsp3) is 0.429. The van der Waals surface area contributed by atoms with Crippen molar-refractivity contribution in [1.82, 2.24) is 24.5 Å². The van der Waals surface area contributed by atoms with Crippen LogP contribution >= 0.6 is 0 Å². The number of hydrogen-bond acceptors (Lipinski definition) is 7. The smallest absolute Gasteiger partial charge is 0.364 e. The molecule has 6 rings (SSSR count). The first-order valence-electron chi connectivity index (χ1n) is 13.5. The lowest BCUT2D eigenvalue weighted by molar-refractivity contribution is -0.137. The predicted octanol–water partition coefficient (Wildman–Crippen LogP) is 5.68. The molecule has 39 heavy (non-hydrogen) atoms. The monoisotopic (exact) mass is 536 g/mol. The third-order valence-corrected chi connectivity index (χ3v) is 7.63. The van der Waals surface area contributed by atoms with Crippen LogP contribution in [0.5, 0.6) is 0 Å². The summed E-state index contributed by atoms with van der Waals surface area (Å²) in [5, 5.41) is 3.27. The molecule has 11 heteroatoms. The number of benzene rings is 1. The van der Waals surface area contributed by atoms with Gasteiger partial charge in [-0.05, 0) is 42.7 Å². The van der Waals surface area contributed by atoms with E-state index >= 15 is 0 Å². The van der Waals surface area contributed by atoms with Crippen molar-refractivity contribution in [2.24, 2.45) is 0 Å². The maximum atomic E-state index is 13.2. The molecule has 2 fully saturated rings. The summed E-state index contributed by atoms with van der Waals surface area (Å²) in [6.45, 7) is 3.22. The average molecular weight is 537 g/mol. The molecule has 204 valence electrons. The summed E-state index contributed by atoms with van der Waals surface area (Å²) in [5.41, 5.74) is 1.27. The van der Waals surface area contributed by atoms with Gasteiger partial charge in [0.1, 0.15) is 5.82 Å². The third-order valence-electron chi connectivity index (χ3n) is 7.63. The molecule has 1 saturated heterocycles. The fourth-order valence-electron chi connectivity index (χ4n) is 5.52. The molecule has 1 aliphatic heterocycles. The van der Waals surface area contributed by atoms with Crippen molar-refractivity contribution >= 4 is 28.7 Å². The molecule has 2 aliphatic rings. The van der Waals surface area contributed by atoms with E-state index in [4.69, 9.17) is 9.97 Å². The molecule has 4 aromatic rings. The summed E-state index contributed by atoms with van der Waals surface area (Å²) in [6, 6.07) is 11.6. The number of piperazine rings is 1. The van der Waals surface area contributed by atoms with Gasteiger partial charge in [-0.2, -0.15) is 23.1 Å². The van der Waals surface area contributed by atoms with Gasteiger partial charge in [-0.15, -0.1) is 0 Å². The first kappa shape index (κ1) is 25.4. The number of nitrogens with zero attached hydrogens (tertiary/aromatic N) is 7. The number of nitrogens with one attached hydrogen (secondary N) is 1. The van der Waals surface area contributed by atoms with E-state index in [1.807, 2.05) is 24.5 Å². The lowest BCUT2D eigenvalue weighted by Crippen LogP contribution is -2.47. The predicted molar refractivity (Wildman–Crippen MR) is 145 cm³/mol. The molecule has 1 saturated carbocycles. The molecule has 8 nitrogen and oxygen atoms in total. The summed E-state index contributed by atoms with van der Waals surface area (Å²) in [4.78, 5) is 23.4. The summed E-state index contributed by atoms with van der Waals surface area (Å²) >= 11 is 0. The Bertz CT molecular complexity index is 1410. The van der Waals surface area contributed by atoms with Crippen LogP contribution in [0.3, 0.4) is 0 Å². The van der Waals surface area contributed by atoms with Gasteiger partial charge in [0.2, 0.25) is 5.95 Å². The maximum Gasteiger partial charge on any atom is 0.416 e. The highest BCUT2D eigenvalue weighted by atomic mass is 19.4. The quantitative estimate of drug-likeness (QED) is 0.340. The highest BCUT2D eigenvalue weighted by Gasteiger charge is 2.30. The number of rotatable bonds is 6. The second-order valence-corrected chi connectivity index (χ2v) is 10.2. The number of fused-ring (bicyclic) bond motifs is 1. The van der Waals surface area contributed by atoms with Crippen LogP contribution in [-0.4, -0.2) is 50.7 Å². The van der Waals surface area contributed by atoms with Crippen LogP contribution in [0.1, 0.15) is 49.3 Å². The van der Waals surface area contributed by atoms with Gasteiger partial charge in [-0.3, -0.25) is 0 Å². The lowest BCUT2D eigenvalue weighted by Gasteiger charge is -2.35. The van der Waals surface area contributed by atoms with Crippen LogP contribution in [0, 0.1) is 0 Å². The number of aromatic nitrogens is 5. The number of alkyl halides is 3. The summed E-state index contributed by atoms with van der Waals surface area (Å²) in [7, 11) is 0. The van der Waals surface area contributed by atoms with E-state index in [1.54, 1.807) is 12.3 Å². The highest BCUT2D eigenvalue weighted by molar-refractivity contribution is 5.84. The van der Waals surface area contributed by atoms with Crippen LogP contribution < -0.4 is 15.1 Å². The number of halogens is 3. The average Bonchev–Trinajstić information content (AvgIpc) is 3.41. The molecule has 0 spiro atoms. The Labute approximate surface area is 224 Å². The van der Waals surface area contributed by atoms with Crippen LogP contribution in [0.15, 0.2) is 55.0 Å². The Hall–Kier alpha value is -3.89. The first-order chi connectivity index (χ1) is 19.0. The maximum absolute atomic E-state index is 13.2. The molecular formula is C28H31F3N8. The van der Waals surface area contributed by atoms with Crippen molar-refractivity contribution in [3.63, 3.8) is 0 Å². The van der Waals surface area contributed by atoms with E-state index < -0.39 is 11.7 Å². The second kappa shape index (κ2) is 10.7. The third kappa shape index (κ3) is 5.48. The molecule has 0 unspecified atom stereocenters. The molecular weight excluding hydrogens is 505 g/mol. The fourth-order valence-corrected chi connectivity index (χ4v) is 5.52. The van der Waals surface area contributed by atoms with Crippen molar-refractivity contribution in [2.75, 3.05) is 41.3 Å². The summed E-state index contributed by atoms with van der Waals surface area (Å²) < 4.78 is 41.9. The van der Waals surface area contributed by atoms with Crippen molar-refractivity contribution in [2.45, 2.75) is 50.9 Å². The van der Waals surface area contributed by atoms with E-state index in [-0.39, 0.29) is 6.54 Å². The molecule has 4 heterocycles.